The molecule has 1 spiro atoms. The first-order valence-electron chi connectivity index (χ1n) is 13.8. The van der Waals surface area contributed by atoms with Crippen molar-refractivity contribution in [1.82, 2.24) is 0 Å². The number of hydrogen-bond donors (Lipinski definition) is 1. The molecule has 2 aromatic rings. The molecule has 3 aliphatic rings. The van der Waals surface area contributed by atoms with Crippen LogP contribution in [0.25, 0.3) is 0 Å². The molecule has 4 heteroatoms. The fraction of sp³-hybridized carbons (Fsp3) is 0.382. The Morgan fingerprint density at radius 1 is 1.16 bits per heavy atom. The maximum absolute atomic E-state index is 9.78. The second-order valence-electron chi connectivity index (χ2n) is 11.6. The van der Waals surface area contributed by atoms with Gasteiger partial charge in [-0.3, -0.25) is 15.3 Å². The minimum atomic E-state index is -0.256. The lowest BCUT2D eigenvalue weighted by Gasteiger charge is -2.37. The van der Waals surface area contributed by atoms with E-state index in [9.17, 15) is 10.7 Å². The number of benzene rings is 2. The molecule has 4 nitrogen and oxygen atoms in total. The summed E-state index contributed by atoms with van der Waals surface area (Å²) in [6.07, 6.45) is 7.25. The first-order chi connectivity index (χ1) is 18.1. The SMILES string of the molecule is C=C/C=C1\C(=C)CC[C@]23CC2(CC)c2cc(C#N)ccc2C(=N3)N(c2c(C(C)C)cccc2C(C)C)C1=N. The van der Waals surface area contributed by atoms with Gasteiger partial charge in [0.1, 0.15) is 11.7 Å². The molecule has 38 heavy (non-hydrogen) atoms. The van der Waals surface area contributed by atoms with Crippen LogP contribution in [0.2, 0.25) is 0 Å². The Bertz CT molecular complexity index is 1440. The van der Waals surface area contributed by atoms with Gasteiger partial charge in [-0.15, -0.1) is 0 Å². The standard InChI is InChI=1S/C34H38N4/c1-8-11-27-23(7)16-17-34-20-33(34,9-2)29-18-24(19-35)14-15-28(29)32(37-34)38(31(27)36)30-25(21(3)4)12-10-13-26(30)22(5)6/h8,10-15,18,21-22,36H,1,7,9,16-17,20H2,2-6H3/b27-11+,36-31?/t33?,34-/m0/s1. The van der Waals surface area contributed by atoms with Crippen molar-refractivity contribution >= 4 is 17.4 Å². The topological polar surface area (TPSA) is 63.2 Å². The minimum Gasteiger partial charge on any atom is -0.283 e. The minimum absolute atomic E-state index is 0.0854. The number of nitriles is 1. The van der Waals surface area contributed by atoms with Crippen LogP contribution in [0.4, 0.5) is 5.69 Å². The van der Waals surface area contributed by atoms with E-state index in [1.807, 2.05) is 12.1 Å². The molecule has 2 heterocycles. The van der Waals surface area contributed by atoms with Crippen LogP contribution in [0.3, 0.4) is 0 Å². The zero-order valence-electron chi connectivity index (χ0n) is 23.4. The number of fused-ring (bicyclic) bond motifs is 3. The van der Waals surface area contributed by atoms with Crippen LogP contribution in [0.5, 0.6) is 0 Å². The van der Waals surface area contributed by atoms with Gasteiger partial charge in [-0.2, -0.15) is 5.26 Å². The number of rotatable bonds is 5. The normalized spacial score (nSPS) is 25.3. The van der Waals surface area contributed by atoms with E-state index in [0.29, 0.717) is 11.4 Å². The second-order valence-corrected chi connectivity index (χ2v) is 11.6. The van der Waals surface area contributed by atoms with E-state index in [1.54, 1.807) is 6.08 Å². The third-order valence-corrected chi connectivity index (χ3v) is 8.95. The van der Waals surface area contributed by atoms with E-state index in [4.69, 9.17) is 4.99 Å². The molecule has 2 aliphatic heterocycles. The lowest BCUT2D eigenvalue weighted by atomic mass is 9.80. The third kappa shape index (κ3) is 3.63. The Kier molecular flexibility index (Phi) is 6.30. The molecule has 2 bridgehead atoms. The zero-order chi connectivity index (χ0) is 27.4. The number of anilines is 1. The van der Waals surface area contributed by atoms with E-state index < -0.39 is 0 Å². The van der Waals surface area contributed by atoms with Crippen LogP contribution >= 0.6 is 0 Å². The van der Waals surface area contributed by atoms with Crippen LogP contribution in [-0.4, -0.2) is 17.2 Å². The Morgan fingerprint density at radius 3 is 2.42 bits per heavy atom. The van der Waals surface area contributed by atoms with Gasteiger partial charge in [0.25, 0.3) is 0 Å². The molecule has 0 amide bonds. The summed E-state index contributed by atoms with van der Waals surface area (Å²) in [6.45, 7) is 19.5. The molecule has 0 aromatic heterocycles. The summed E-state index contributed by atoms with van der Waals surface area (Å²) in [4.78, 5) is 7.71. The molecule has 1 saturated carbocycles. The summed E-state index contributed by atoms with van der Waals surface area (Å²) in [5.41, 5.74) is 7.75. The summed E-state index contributed by atoms with van der Waals surface area (Å²) in [7, 11) is 0. The molecule has 1 fully saturated rings. The fourth-order valence-corrected chi connectivity index (χ4v) is 6.80. The van der Waals surface area contributed by atoms with Crippen LogP contribution in [-0.2, 0) is 5.41 Å². The van der Waals surface area contributed by atoms with Crippen molar-refractivity contribution in [3.63, 3.8) is 0 Å². The van der Waals surface area contributed by atoms with Crippen molar-refractivity contribution in [1.29, 1.82) is 10.7 Å². The summed E-state index contributed by atoms with van der Waals surface area (Å²) >= 11 is 0. The van der Waals surface area contributed by atoms with E-state index >= 15 is 0 Å². The molecular formula is C34H38N4. The van der Waals surface area contributed by atoms with E-state index in [1.165, 1.54) is 16.7 Å². The number of aliphatic imine (C=N–C) groups is 1. The number of amidine groups is 2. The molecule has 0 saturated heterocycles. The first-order valence-corrected chi connectivity index (χ1v) is 13.8. The summed E-state index contributed by atoms with van der Waals surface area (Å²) in [5, 5.41) is 19.5. The second kappa shape index (κ2) is 9.24. The Morgan fingerprint density at radius 2 is 1.84 bits per heavy atom. The third-order valence-electron chi connectivity index (χ3n) is 8.95. The summed E-state index contributed by atoms with van der Waals surface area (Å²) in [6, 6.07) is 14.9. The van der Waals surface area contributed by atoms with Gasteiger partial charge in [-0.1, -0.05) is 78.1 Å². The van der Waals surface area contributed by atoms with Crippen molar-refractivity contribution < 1.29 is 0 Å². The van der Waals surface area contributed by atoms with Crippen molar-refractivity contribution in [2.45, 2.75) is 83.1 Å². The van der Waals surface area contributed by atoms with Crippen molar-refractivity contribution in [2.75, 3.05) is 4.90 Å². The van der Waals surface area contributed by atoms with Crippen molar-refractivity contribution in [2.24, 2.45) is 4.99 Å². The van der Waals surface area contributed by atoms with E-state index in [-0.39, 0.29) is 22.8 Å². The molecule has 194 valence electrons. The number of allylic oxidation sites excluding steroid dienone is 2. The van der Waals surface area contributed by atoms with Crippen LogP contribution < -0.4 is 4.90 Å². The summed E-state index contributed by atoms with van der Waals surface area (Å²) in [5.74, 6) is 1.71. The van der Waals surface area contributed by atoms with Gasteiger partial charge in [0, 0.05) is 16.6 Å². The fourth-order valence-electron chi connectivity index (χ4n) is 6.80. The number of nitrogens with zero attached hydrogens (tertiary/aromatic N) is 3. The lowest BCUT2D eigenvalue weighted by molar-refractivity contribution is 0.482. The van der Waals surface area contributed by atoms with Crippen LogP contribution in [0.15, 0.2) is 77.8 Å². The van der Waals surface area contributed by atoms with Crippen molar-refractivity contribution in [3.05, 3.63) is 101 Å². The average molecular weight is 503 g/mol. The van der Waals surface area contributed by atoms with Crippen LogP contribution in [0.1, 0.15) is 100.0 Å². The van der Waals surface area contributed by atoms with Gasteiger partial charge < -0.3 is 0 Å². The maximum atomic E-state index is 9.78. The quantitative estimate of drug-likeness (QED) is 0.447. The van der Waals surface area contributed by atoms with Gasteiger partial charge in [-0.05, 0) is 78.0 Å². The van der Waals surface area contributed by atoms with Gasteiger partial charge >= 0.3 is 0 Å². The molecule has 1 aliphatic carbocycles. The predicted molar refractivity (Wildman–Crippen MR) is 158 cm³/mol. The van der Waals surface area contributed by atoms with E-state index in [2.05, 4.69) is 89.1 Å². The Hall–Kier alpha value is -3.71. The molecule has 5 rings (SSSR count). The molecule has 0 radical (unpaired) electrons. The zero-order valence-corrected chi connectivity index (χ0v) is 23.4. The predicted octanol–water partition coefficient (Wildman–Crippen LogP) is 8.30. The highest BCUT2D eigenvalue weighted by Gasteiger charge is 2.70. The van der Waals surface area contributed by atoms with Gasteiger partial charge in [0.15, 0.2) is 0 Å². The van der Waals surface area contributed by atoms with E-state index in [0.717, 1.165) is 53.9 Å². The average Bonchev–Trinajstić information content (AvgIpc) is 3.58. The Balaban J connectivity index is 1.90. The van der Waals surface area contributed by atoms with Gasteiger partial charge in [0.05, 0.1) is 22.9 Å². The molecular weight excluding hydrogens is 464 g/mol. The molecule has 2 aromatic carbocycles. The highest BCUT2D eigenvalue weighted by molar-refractivity contribution is 6.31. The molecule has 2 atom stereocenters. The monoisotopic (exact) mass is 502 g/mol. The van der Waals surface area contributed by atoms with Crippen molar-refractivity contribution in [3.8, 4) is 6.07 Å². The van der Waals surface area contributed by atoms with Gasteiger partial charge in [-0.25, -0.2) is 0 Å². The number of nitrogens with one attached hydrogen (secondary N) is 1. The first kappa shape index (κ1) is 25.9. The largest absolute Gasteiger partial charge is 0.283 e. The molecule has 1 N–H and O–H groups in total. The maximum Gasteiger partial charge on any atom is 0.142 e. The summed E-state index contributed by atoms with van der Waals surface area (Å²) < 4.78 is 0. The van der Waals surface area contributed by atoms with Crippen LogP contribution in [0, 0.1) is 16.7 Å². The smallest absolute Gasteiger partial charge is 0.142 e. The molecule has 1 unspecified atom stereocenters. The number of para-hydroxylation sites is 1. The Labute approximate surface area is 227 Å². The number of hydrogen-bond acceptors (Lipinski definition) is 3. The van der Waals surface area contributed by atoms with Gasteiger partial charge in [0.2, 0.25) is 0 Å². The highest BCUT2D eigenvalue weighted by atomic mass is 15.3. The highest BCUT2D eigenvalue weighted by Crippen LogP contribution is 2.68. The lowest BCUT2D eigenvalue weighted by Crippen LogP contribution is -2.43.